The molecule has 1 aromatic carbocycles. The molecular formula is C17H19N5O2S. The standard InChI is InChI=1S/C17H19N5O2S/c1-21-11-5-3-7-13(24-2)14(11)19-16(21)20-15(23)12-6-4-9-22(12)17-18-8-10-25-17/h3,5,7-8,10,12H,4,6,9H2,1-2H3,(H,19,20,23). The Kier molecular flexibility index (Phi) is 4.04. The van der Waals surface area contributed by atoms with Gasteiger partial charge in [0, 0.05) is 25.2 Å². The number of fused-ring (bicyclic) bond motifs is 1. The minimum absolute atomic E-state index is 0.0509. The lowest BCUT2D eigenvalue weighted by molar-refractivity contribution is -0.117. The van der Waals surface area contributed by atoms with Crippen molar-refractivity contribution in [3.8, 4) is 5.75 Å². The maximum absolute atomic E-state index is 12.8. The van der Waals surface area contributed by atoms with Gasteiger partial charge in [0.1, 0.15) is 17.3 Å². The van der Waals surface area contributed by atoms with Crippen LogP contribution in [0.5, 0.6) is 5.75 Å². The van der Waals surface area contributed by atoms with E-state index >= 15 is 0 Å². The summed E-state index contributed by atoms with van der Waals surface area (Å²) in [6, 6.07) is 5.52. The summed E-state index contributed by atoms with van der Waals surface area (Å²) in [5.41, 5.74) is 1.66. The fourth-order valence-electron chi connectivity index (χ4n) is 3.28. The number of para-hydroxylation sites is 1. The molecule has 0 bridgehead atoms. The first-order chi connectivity index (χ1) is 12.2. The average molecular weight is 357 g/mol. The normalized spacial score (nSPS) is 17.2. The molecule has 1 unspecified atom stereocenters. The SMILES string of the molecule is COc1cccc2c1nc(NC(=O)C1CCCN1c1nccs1)n2C. The predicted octanol–water partition coefficient (Wildman–Crippen LogP) is 2.65. The van der Waals surface area contributed by atoms with Crippen molar-refractivity contribution in [1.29, 1.82) is 0 Å². The Morgan fingerprint density at radius 2 is 2.32 bits per heavy atom. The minimum atomic E-state index is -0.215. The number of nitrogens with zero attached hydrogens (tertiary/aromatic N) is 4. The van der Waals surface area contributed by atoms with E-state index in [1.165, 1.54) is 0 Å². The number of carbonyl (C=O) groups excluding carboxylic acids is 1. The molecule has 130 valence electrons. The summed E-state index contributed by atoms with van der Waals surface area (Å²) >= 11 is 1.56. The van der Waals surface area contributed by atoms with E-state index in [9.17, 15) is 4.79 Å². The number of benzene rings is 1. The Morgan fingerprint density at radius 3 is 3.08 bits per heavy atom. The lowest BCUT2D eigenvalue weighted by Crippen LogP contribution is -2.40. The molecule has 1 atom stereocenters. The molecule has 3 aromatic rings. The van der Waals surface area contributed by atoms with Gasteiger partial charge < -0.3 is 14.2 Å². The average Bonchev–Trinajstić information content (AvgIpc) is 3.35. The summed E-state index contributed by atoms with van der Waals surface area (Å²) < 4.78 is 7.24. The van der Waals surface area contributed by atoms with Gasteiger partial charge in [-0.05, 0) is 25.0 Å². The van der Waals surface area contributed by atoms with Gasteiger partial charge in [0.2, 0.25) is 11.9 Å². The molecule has 1 amide bonds. The Bertz CT molecular complexity index is 905. The van der Waals surface area contributed by atoms with Crippen LogP contribution in [0, 0.1) is 0 Å². The zero-order chi connectivity index (χ0) is 17.4. The molecule has 1 saturated heterocycles. The molecule has 3 heterocycles. The largest absolute Gasteiger partial charge is 0.494 e. The van der Waals surface area contributed by atoms with Crippen molar-refractivity contribution in [2.75, 3.05) is 23.9 Å². The van der Waals surface area contributed by atoms with Crippen molar-refractivity contribution in [3.63, 3.8) is 0 Å². The third kappa shape index (κ3) is 2.72. The van der Waals surface area contributed by atoms with Crippen molar-refractivity contribution in [2.24, 2.45) is 7.05 Å². The molecular weight excluding hydrogens is 338 g/mol. The highest BCUT2D eigenvalue weighted by Gasteiger charge is 2.33. The number of rotatable bonds is 4. The molecule has 1 aliphatic heterocycles. The van der Waals surface area contributed by atoms with Gasteiger partial charge in [0.05, 0.1) is 12.6 Å². The van der Waals surface area contributed by atoms with Crippen LogP contribution >= 0.6 is 11.3 Å². The highest BCUT2D eigenvalue weighted by molar-refractivity contribution is 7.13. The topological polar surface area (TPSA) is 72.3 Å². The number of imidazole rings is 1. The number of ether oxygens (including phenoxy) is 1. The summed E-state index contributed by atoms with van der Waals surface area (Å²) in [6.45, 7) is 0.849. The van der Waals surface area contributed by atoms with E-state index in [0.717, 1.165) is 35.6 Å². The number of amides is 1. The number of aryl methyl sites for hydroxylation is 1. The quantitative estimate of drug-likeness (QED) is 0.777. The molecule has 0 radical (unpaired) electrons. The molecule has 1 N–H and O–H groups in total. The fraction of sp³-hybridized carbons (Fsp3) is 0.353. The highest BCUT2D eigenvalue weighted by atomic mass is 32.1. The van der Waals surface area contributed by atoms with Gasteiger partial charge in [-0.25, -0.2) is 9.97 Å². The highest BCUT2D eigenvalue weighted by Crippen LogP contribution is 2.29. The van der Waals surface area contributed by atoms with Gasteiger partial charge in [0.15, 0.2) is 5.13 Å². The van der Waals surface area contributed by atoms with Crippen LogP contribution in [0.1, 0.15) is 12.8 Å². The van der Waals surface area contributed by atoms with Gasteiger partial charge in [-0.15, -0.1) is 11.3 Å². The van der Waals surface area contributed by atoms with Gasteiger partial charge >= 0.3 is 0 Å². The second-order valence-electron chi connectivity index (χ2n) is 5.98. The molecule has 8 heteroatoms. The Labute approximate surface area is 149 Å². The van der Waals surface area contributed by atoms with E-state index in [0.29, 0.717) is 11.7 Å². The maximum Gasteiger partial charge on any atom is 0.249 e. The fourth-order valence-corrected chi connectivity index (χ4v) is 4.00. The number of thiazole rings is 1. The maximum atomic E-state index is 12.8. The van der Waals surface area contributed by atoms with Crippen molar-refractivity contribution in [2.45, 2.75) is 18.9 Å². The first kappa shape index (κ1) is 15.9. The zero-order valence-corrected chi connectivity index (χ0v) is 14.9. The molecule has 0 saturated carbocycles. The monoisotopic (exact) mass is 357 g/mol. The van der Waals surface area contributed by atoms with Crippen molar-refractivity contribution in [3.05, 3.63) is 29.8 Å². The number of aromatic nitrogens is 3. The van der Waals surface area contributed by atoms with E-state index < -0.39 is 0 Å². The second kappa shape index (κ2) is 6.36. The summed E-state index contributed by atoms with van der Waals surface area (Å²) in [4.78, 5) is 23.8. The van der Waals surface area contributed by atoms with E-state index in [1.54, 1.807) is 24.6 Å². The van der Waals surface area contributed by atoms with Crippen LogP contribution in [0.3, 0.4) is 0 Å². The lowest BCUT2D eigenvalue weighted by Gasteiger charge is -2.22. The van der Waals surface area contributed by atoms with Crippen molar-refractivity contribution in [1.82, 2.24) is 14.5 Å². The molecule has 7 nitrogen and oxygen atoms in total. The third-order valence-corrected chi connectivity index (χ3v) is 5.36. The Morgan fingerprint density at radius 1 is 1.44 bits per heavy atom. The number of carbonyl (C=O) groups is 1. The summed E-state index contributed by atoms with van der Waals surface area (Å²) in [6.07, 6.45) is 3.57. The van der Waals surface area contributed by atoms with Crippen LogP contribution < -0.4 is 15.0 Å². The number of hydrogen-bond acceptors (Lipinski definition) is 6. The molecule has 4 rings (SSSR count). The summed E-state index contributed by atoms with van der Waals surface area (Å²) in [5.74, 6) is 1.17. The van der Waals surface area contributed by atoms with E-state index in [2.05, 4.69) is 20.2 Å². The van der Waals surface area contributed by atoms with E-state index in [1.807, 2.05) is 35.2 Å². The van der Waals surface area contributed by atoms with Gasteiger partial charge in [0.25, 0.3) is 0 Å². The summed E-state index contributed by atoms with van der Waals surface area (Å²) in [5, 5.41) is 5.80. The van der Waals surface area contributed by atoms with Crippen molar-refractivity contribution >= 4 is 39.4 Å². The van der Waals surface area contributed by atoms with Crippen LogP contribution in [-0.2, 0) is 11.8 Å². The van der Waals surface area contributed by atoms with Crippen LogP contribution in [-0.4, -0.2) is 40.1 Å². The predicted molar refractivity (Wildman–Crippen MR) is 98.4 cm³/mol. The first-order valence-electron chi connectivity index (χ1n) is 8.15. The van der Waals surface area contributed by atoms with Crippen LogP contribution in [0.2, 0.25) is 0 Å². The van der Waals surface area contributed by atoms with Crippen LogP contribution in [0.25, 0.3) is 11.0 Å². The van der Waals surface area contributed by atoms with Gasteiger partial charge in [-0.1, -0.05) is 6.07 Å². The number of nitrogens with one attached hydrogen (secondary N) is 1. The number of hydrogen-bond donors (Lipinski definition) is 1. The van der Waals surface area contributed by atoms with E-state index in [4.69, 9.17) is 4.74 Å². The molecule has 2 aromatic heterocycles. The smallest absolute Gasteiger partial charge is 0.249 e. The first-order valence-corrected chi connectivity index (χ1v) is 9.03. The molecule has 0 aliphatic carbocycles. The third-order valence-electron chi connectivity index (χ3n) is 4.55. The van der Waals surface area contributed by atoms with Crippen LogP contribution in [0.4, 0.5) is 11.1 Å². The number of methoxy groups -OCH3 is 1. The minimum Gasteiger partial charge on any atom is -0.494 e. The lowest BCUT2D eigenvalue weighted by atomic mass is 10.2. The van der Waals surface area contributed by atoms with Gasteiger partial charge in [-0.2, -0.15) is 0 Å². The molecule has 25 heavy (non-hydrogen) atoms. The second-order valence-corrected chi connectivity index (χ2v) is 6.85. The Balaban J connectivity index is 1.60. The summed E-state index contributed by atoms with van der Waals surface area (Å²) in [7, 11) is 3.50. The van der Waals surface area contributed by atoms with Crippen LogP contribution in [0.15, 0.2) is 29.8 Å². The number of anilines is 2. The Hall–Kier alpha value is -2.61. The van der Waals surface area contributed by atoms with Gasteiger partial charge in [-0.3, -0.25) is 10.1 Å². The molecule has 1 fully saturated rings. The van der Waals surface area contributed by atoms with E-state index in [-0.39, 0.29) is 11.9 Å². The zero-order valence-electron chi connectivity index (χ0n) is 14.1. The van der Waals surface area contributed by atoms with Crippen molar-refractivity contribution < 1.29 is 9.53 Å². The molecule has 0 spiro atoms. The molecule has 1 aliphatic rings.